The van der Waals surface area contributed by atoms with Crippen LogP contribution in [0.15, 0.2) is 65.8 Å². The van der Waals surface area contributed by atoms with Crippen LogP contribution in [0.2, 0.25) is 0 Å². The minimum Gasteiger partial charge on any atom is -0.448 e. The molecule has 0 unspecified atom stereocenters. The molecule has 170 valence electrons. The van der Waals surface area contributed by atoms with Crippen molar-refractivity contribution in [1.82, 2.24) is 0 Å². The topological polar surface area (TPSA) is 26.8 Å². The summed E-state index contributed by atoms with van der Waals surface area (Å²) < 4.78 is 1.68. The molecule has 0 radical (unpaired) electrons. The van der Waals surface area contributed by atoms with Crippen molar-refractivity contribution >= 4 is 11.4 Å². The fourth-order valence-electron chi connectivity index (χ4n) is 4.46. The van der Waals surface area contributed by atoms with E-state index >= 15 is 0 Å². The molecule has 3 rings (SSSR count). The molecule has 1 aliphatic heterocycles. The van der Waals surface area contributed by atoms with Crippen molar-refractivity contribution in [2.75, 3.05) is 0 Å². The van der Waals surface area contributed by atoms with Crippen LogP contribution in [0.5, 0.6) is 0 Å². The Morgan fingerprint density at radius 2 is 1.22 bits per heavy atom. The van der Waals surface area contributed by atoms with Crippen molar-refractivity contribution in [3.05, 3.63) is 93.8 Å². The van der Waals surface area contributed by atoms with Gasteiger partial charge in [0.25, 0.3) is 0 Å². The molecule has 1 N–H and O–H groups in total. The highest BCUT2D eigenvalue weighted by Gasteiger charge is 2.32. The molecule has 0 amide bonds. The number of allylic oxidation sites excluding steroid dienone is 3. The van der Waals surface area contributed by atoms with Crippen LogP contribution in [0, 0.1) is 0 Å². The maximum atomic E-state index is 9.09. The summed E-state index contributed by atoms with van der Waals surface area (Å²) >= 11 is 0. The van der Waals surface area contributed by atoms with Crippen LogP contribution in [0.25, 0.3) is 11.5 Å². The highest BCUT2D eigenvalue weighted by Crippen LogP contribution is 2.35. The third-order valence-corrected chi connectivity index (χ3v) is 6.46. The number of aryl methyl sites for hydroxylation is 2. The van der Waals surface area contributed by atoms with Crippen molar-refractivity contribution in [1.29, 1.82) is 0 Å². The molecule has 0 fully saturated rings. The van der Waals surface area contributed by atoms with E-state index in [4.69, 9.17) is 5.84 Å². The van der Waals surface area contributed by atoms with Crippen LogP contribution in [0.4, 0.5) is 0 Å². The third kappa shape index (κ3) is 5.59. The van der Waals surface area contributed by atoms with Gasteiger partial charge in [-0.1, -0.05) is 76.8 Å². The van der Waals surface area contributed by atoms with E-state index < -0.39 is 0 Å². The van der Waals surface area contributed by atoms with E-state index in [2.05, 4.69) is 82.3 Å². The third-order valence-electron chi connectivity index (χ3n) is 6.46. The highest BCUT2D eigenvalue weighted by molar-refractivity contribution is 6.16. The number of benzene rings is 2. The molecule has 2 aromatic carbocycles. The van der Waals surface area contributed by atoms with Gasteiger partial charge < -0.3 is 5.84 Å². The van der Waals surface area contributed by atoms with E-state index in [0.717, 1.165) is 41.8 Å². The molecule has 1 heterocycles. The lowest BCUT2D eigenvalue weighted by Gasteiger charge is -2.09. The highest BCUT2D eigenvalue weighted by atomic mass is 15.3. The Bertz CT molecular complexity index is 972. The van der Waals surface area contributed by atoms with E-state index in [1.54, 1.807) is 4.68 Å². The van der Waals surface area contributed by atoms with Crippen molar-refractivity contribution in [3.63, 3.8) is 0 Å². The molecule has 0 aromatic heterocycles. The predicted molar refractivity (Wildman–Crippen MR) is 139 cm³/mol. The molecule has 0 spiro atoms. The Labute approximate surface area is 195 Å². The first kappa shape index (κ1) is 24.0. The van der Waals surface area contributed by atoms with Crippen LogP contribution in [-0.4, -0.2) is 10.4 Å². The van der Waals surface area contributed by atoms with Gasteiger partial charge in [-0.2, -0.15) is 0 Å². The average molecular weight is 429 g/mol. The summed E-state index contributed by atoms with van der Waals surface area (Å²) in [6.07, 6.45) is 12.9. The summed E-state index contributed by atoms with van der Waals surface area (Å²) in [4.78, 5) is 0. The molecule has 0 aliphatic carbocycles. The summed E-state index contributed by atoms with van der Waals surface area (Å²) in [5, 5.41) is 0. The molecular formula is C30H40N2. The minimum atomic E-state index is 1.01. The summed E-state index contributed by atoms with van der Waals surface area (Å²) in [6, 6.07) is 17.8. The summed E-state index contributed by atoms with van der Waals surface area (Å²) in [6.45, 7) is 8.89. The van der Waals surface area contributed by atoms with E-state index in [9.17, 15) is 0 Å². The Hall–Kier alpha value is -2.61. The lowest BCUT2D eigenvalue weighted by molar-refractivity contribution is -0.347. The molecule has 2 nitrogen and oxygen atoms in total. The molecular weight excluding hydrogens is 388 g/mol. The van der Waals surface area contributed by atoms with Crippen molar-refractivity contribution in [2.45, 2.75) is 85.5 Å². The molecule has 2 aromatic rings. The summed E-state index contributed by atoms with van der Waals surface area (Å²) in [7, 11) is 0. The monoisotopic (exact) mass is 428 g/mol. The molecule has 0 saturated heterocycles. The summed E-state index contributed by atoms with van der Waals surface area (Å²) in [5.41, 5.74) is 9.50. The number of unbranched alkanes of at least 4 members (excludes halogenated alkanes) is 4. The Kier molecular flexibility index (Phi) is 8.90. The van der Waals surface area contributed by atoms with Gasteiger partial charge >= 0.3 is 0 Å². The first-order valence-corrected chi connectivity index (χ1v) is 12.6. The number of rotatable bonds is 11. The van der Waals surface area contributed by atoms with Crippen molar-refractivity contribution in [3.8, 4) is 0 Å². The Balaban J connectivity index is 1.98. The predicted octanol–water partition coefficient (Wildman–Crippen LogP) is 8.70. The van der Waals surface area contributed by atoms with Gasteiger partial charge in [-0.25, -0.2) is 4.68 Å². The molecule has 32 heavy (non-hydrogen) atoms. The molecule has 0 atom stereocenters. The zero-order valence-corrected chi connectivity index (χ0v) is 20.5. The van der Waals surface area contributed by atoms with E-state index in [0.29, 0.717) is 0 Å². The standard InChI is InChI=1S/C30H40N2/c1-5-8-11-14-28-23(4)29(26-19-15-24(16-20-26)12-9-6-2)32(31)30(28)27-21-17-25(18-22-27)13-10-7-3/h14-22,31H,5-13H2,1-4H3. The fraction of sp³-hybridized carbons (Fsp3) is 0.433. The van der Waals surface area contributed by atoms with Gasteiger partial charge in [-0.05, 0) is 74.4 Å². The average Bonchev–Trinajstić information content (AvgIpc) is 3.06. The second-order valence-corrected chi connectivity index (χ2v) is 9.02. The van der Waals surface area contributed by atoms with Gasteiger partial charge in [0.05, 0.1) is 5.57 Å². The van der Waals surface area contributed by atoms with Gasteiger partial charge in [0, 0.05) is 16.7 Å². The SMILES string of the molecule is CCCCC=C1C(C)=C(c2ccc(CCCC)cc2)[N+]([NH-])=C1c1ccc(CCCC)cc1. The van der Waals surface area contributed by atoms with Crippen LogP contribution >= 0.6 is 0 Å². The van der Waals surface area contributed by atoms with Crippen molar-refractivity contribution in [2.24, 2.45) is 0 Å². The quantitative estimate of drug-likeness (QED) is 0.253. The Morgan fingerprint density at radius 1 is 0.719 bits per heavy atom. The van der Waals surface area contributed by atoms with Gasteiger partial charge in [-0.3, -0.25) is 0 Å². The number of hydrogen-bond acceptors (Lipinski definition) is 0. The minimum absolute atomic E-state index is 1.01. The first-order valence-electron chi connectivity index (χ1n) is 12.6. The van der Waals surface area contributed by atoms with E-state index in [1.165, 1.54) is 60.8 Å². The van der Waals surface area contributed by atoms with Crippen molar-refractivity contribution < 1.29 is 4.68 Å². The zero-order chi connectivity index (χ0) is 22.9. The number of nitrogens with zero attached hydrogens (tertiary/aromatic N) is 1. The lowest BCUT2D eigenvalue weighted by atomic mass is 9.94. The van der Waals surface area contributed by atoms with Crippen LogP contribution < -0.4 is 0 Å². The molecule has 2 heteroatoms. The largest absolute Gasteiger partial charge is 0.448 e. The Morgan fingerprint density at radius 3 is 1.72 bits per heavy atom. The second kappa shape index (κ2) is 11.9. The van der Waals surface area contributed by atoms with Crippen LogP contribution in [-0.2, 0) is 12.8 Å². The number of nitrogens with one attached hydrogen (secondary N) is 1. The zero-order valence-electron chi connectivity index (χ0n) is 20.5. The maximum absolute atomic E-state index is 9.09. The smallest absolute Gasteiger partial charge is 0.215 e. The molecule has 0 saturated carbocycles. The normalized spacial score (nSPS) is 15.3. The van der Waals surface area contributed by atoms with Gasteiger partial charge in [0.2, 0.25) is 11.4 Å². The van der Waals surface area contributed by atoms with E-state index in [-0.39, 0.29) is 0 Å². The lowest BCUT2D eigenvalue weighted by Crippen LogP contribution is -2.11. The molecule has 0 bridgehead atoms. The second-order valence-electron chi connectivity index (χ2n) is 9.02. The van der Waals surface area contributed by atoms with Gasteiger partial charge in [-0.15, -0.1) is 0 Å². The van der Waals surface area contributed by atoms with Crippen LogP contribution in [0.3, 0.4) is 0 Å². The number of hydrogen-bond donors (Lipinski definition) is 0. The first-order chi connectivity index (χ1) is 15.6. The van der Waals surface area contributed by atoms with Crippen LogP contribution in [0.1, 0.15) is 94.9 Å². The van der Waals surface area contributed by atoms with E-state index in [1.807, 2.05) is 0 Å². The fourth-order valence-corrected chi connectivity index (χ4v) is 4.46. The summed E-state index contributed by atoms with van der Waals surface area (Å²) in [5.74, 6) is 9.09. The van der Waals surface area contributed by atoms with Gasteiger partial charge in [0.1, 0.15) is 0 Å². The molecule has 1 aliphatic rings. The van der Waals surface area contributed by atoms with Gasteiger partial charge in [0.15, 0.2) is 0 Å². The maximum Gasteiger partial charge on any atom is 0.215 e.